The molecular weight excluding hydrogens is 302 g/mol. The second-order valence-electron chi connectivity index (χ2n) is 6.28. The number of carbonyl (C=O) groups is 1. The molecule has 1 fully saturated rings. The fourth-order valence-electron chi connectivity index (χ4n) is 2.98. The van der Waals surface area contributed by atoms with Crippen LogP contribution in [0.25, 0.3) is 0 Å². The first-order valence-corrected chi connectivity index (χ1v) is 8.27. The van der Waals surface area contributed by atoms with Gasteiger partial charge in [-0.25, -0.2) is 8.78 Å². The zero-order valence-electron chi connectivity index (χ0n) is 14.1. The summed E-state index contributed by atoms with van der Waals surface area (Å²) in [5, 5.41) is 7.32. The fourth-order valence-corrected chi connectivity index (χ4v) is 2.98. The number of nitrogens with zero attached hydrogens (tertiary/aromatic N) is 3. The zero-order chi connectivity index (χ0) is 17.0. The SMILES string of the molecule is CCC(C)n1ncc(C(=O)NC2CCN(CC(F)F)CC2)c1C. The minimum absolute atomic E-state index is 0.0442. The van der Waals surface area contributed by atoms with Crippen LogP contribution >= 0.6 is 0 Å². The smallest absolute Gasteiger partial charge is 0.254 e. The molecule has 1 aliphatic heterocycles. The maximum absolute atomic E-state index is 12.4. The highest BCUT2D eigenvalue weighted by atomic mass is 19.3. The van der Waals surface area contributed by atoms with Gasteiger partial charge in [-0.3, -0.25) is 14.4 Å². The molecule has 1 saturated heterocycles. The molecule has 0 aliphatic carbocycles. The molecule has 1 atom stereocenters. The number of hydrogen-bond donors (Lipinski definition) is 1. The fraction of sp³-hybridized carbons (Fsp3) is 0.750. The number of carbonyl (C=O) groups excluding carboxylic acids is 1. The summed E-state index contributed by atoms with van der Waals surface area (Å²) >= 11 is 0. The van der Waals surface area contributed by atoms with Gasteiger partial charge in [-0.1, -0.05) is 6.92 Å². The van der Waals surface area contributed by atoms with E-state index in [0.29, 0.717) is 31.5 Å². The van der Waals surface area contributed by atoms with Gasteiger partial charge in [-0.05, 0) is 33.1 Å². The van der Waals surface area contributed by atoms with E-state index in [4.69, 9.17) is 0 Å². The third kappa shape index (κ3) is 4.50. The number of alkyl halides is 2. The van der Waals surface area contributed by atoms with Crippen LogP contribution in [0.1, 0.15) is 55.2 Å². The number of nitrogens with one attached hydrogen (secondary N) is 1. The summed E-state index contributed by atoms with van der Waals surface area (Å²) in [6, 6.07) is 0.303. The molecule has 2 heterocycles. The zero-order valence-corrected chi connectivity index (χ0v) is 14.1. The third-order valence-electron chi connectivity index (χ3n) is 4.62. The summed E-state index contributed by atoms with van der Waals surface area (Å²) in [6.07, 6.45) is 1.68. The molecule has 1 aromatic heterocycles. The van der Waals surface area contributed by atoms with E-state index in [0.717, 1.165) is 12.1 Å². The number of aromatic nitrogens is 2. The molecule has 5 nitrogen and oxygen atoms in total. The van der Waals surface area contributed by atoms with Crippen molar-refractivity contribution in [3.8, 4) is 0 Å². The highest BCUT2D eigenvalue weighted by molar-refractivity contribution is 5.95. The Morgan fingerprint density at radius 1 is 1.43 bits per heavy atom. The number of likely N-dealkylation sites (tertiary alicyclic amines) is 1. The molecule has 2 rings (SSSR count). The third-order valence-corrected chi connectivity index (χ3v) is 4.62. The lowest BCUT2D eigenvalue weighted by molar-refractivity contribution is 0.0696. The van der Waals surface area contributed by atoms with Gasteiger partial charge in [0, 0.05) is 30.9 Å². The minimum atomic E-state index is -2.30. The molecule has 0 saturated carbocycles. The first-order valence-electron chi connectivity index (χ1n) is 8.27. The monoisotopic (exact) mass is 328 g/mol. The molecule has 0 aromatic carbocycles. The van der Waals surface area contributed by atoms with E-state index < -0.39 is 6.43 Å². The van der Waals surface area contributed by atoms with Crippen molar-refractivity contribution in [3.05, 3.63) is 17.5 Å². The van der Waals surface area contributed by atoms with Gasteiger partial charge in [-0.2, -0.15) is 5.10 Å². The van der Waals surface area contributed by atoms with Crippen LogP contribution in [0.2, 0.25) is 0 Å². The molecule has 0 bridgehead atoms. The Labute approximate surface area is 136 Å². The predicted octanol–water partition coefficient (Wildman–Crippen LogP) is 2.62. The minimum Gasteiger partial charge on any atom is -0.349 e. The first kappa shape index (κ1) is 17.8. The number of piperidine rings is 1. The van der Waals surface area contributed by atoms with Gasteiger partial charge in [0.05, 0.1) is 18.3 Å². The van der Waals surface area contributed by atoms with E-state index in [9.17, 15) is 13.6 Å². The van der Waals surface area contributed by atoms with Gasteiger partial charge in [0.1, 0.15) is 0 Å². The van der Waals surface area contributed by atoms with Crippen LogP contribution in [0.3, 0.4) is 0 Å². The Kier molecular flexibility index (Phi) is 6.10. The topological polar surface area (TPSA) is 50.2 Å². The van der Waals surface area contributed by atoms with Gasteiger partial charge < -0.3 is 5.32 Å². The summed E-state index contributed by atoms with van der Waals surface area (Å²) in [6.45, 7) is 7.07. The number of halogens is 2. The number of hydrogen-bond acceptors (Lipinski definition) is 3. The normalized spacial score (nSPS) is 18.3. The Morgan fingerprint density at radius 3 is 2.65 bits per heavy atom. The van der Waals surface area contributed by atoms with Crippen molar-refractivity contribution in [1.82, 2.24) is 20.0 Å². The van der Waals surface area contributed by atoms with E-state index in [1.807, 2.05) is 11.6 Å². The van der Waals surface area contributed by atoms with Crippen LogP contribution in [-0.4, -0.2) is 52.7 Å². The van der Waals surface area contributed by atoms with Crippen LogP contribution in [0.5, 0.6) is 0 Å². The van der Waals surface area contributed by atoms with E-state index in [1.54, 1.807) is 11.1 Å². The molecule has 1 unspecified atom stereocenters. The molecule has 1 aliphatic rings. The molecule has 7 heteroatoms. The summed E-state index contributed by atoms with van der Waals surface area (Å²) in [7, 11) is 0. The second kappa shape index (κ2) is 7.86. The highest BCUT2D eigenvalue weighted by Gasteiger charge is 2.24. The largest absolute Gasteiger partial charge is 0.349 e. The second-order valence-corrected chi connectivity index (χ2v) is 6.28. The van der Waals surface area contributed by atoms with Crippen molar-refractivity contribution in [1.29, 1.82) is 0 Å². The predicted molar refractivity (Wildman–Crippen MR) is 84.9 cm³/mol. The van der Waals surface area contributed by atoms with Crippen molar-refractivity contribution in [2.45, 2.75) is 58.5 Å². The molecular formula is C16H26F2N4O. The first-order chi connectivity index (χ1) is 10.9. The Morgan fingerprint density at radius 2 is 2.09 bits per heavy atom. The average molecular weight is 328 g/mol. The molecule has 1 N–H and O–H groups in total. The van der Waals surface area contributed by atoms with Gasteiger partial charge in [0.25, 0.3) is 12.3 Å². The van der Waals surface area contributed by atoms with Crippen molar-refractivity contribution in [2.24, 2.45) is 0 Å². The van der Waals surface area contributed by atoms with Crippen LogP contribution in [0.15, 0.2) is 6.20 Å². The van der Waals surface area contributed by atoms with E-state index in [1.165, 1.54) is 0 Å². The van der Waals surface area contributed by atoms with Gasteiger partial charge >= 0.3 is 0 Å². The van der Waals surface area contributed by atoms with Crippen molar-refractivity contribution >= 4 is 5.91 Å². The van der Waals surface area contributed by atoms with E-state index in [2.05, 4.69) is 24.3 Å². The Hall–Kier alpha value is -1.50. The summed E-state index contributed by atoms with van der Waals surface area (Å²) in [5.41, 5.74) is 1.47. The van der Waals surface area contributed by atoms with Crippen molar-refractivity contribution in [3.63, 3.8) is 0 Å². The Balaban J connectivity index is 1.90. The molecule has 0 spiro atoms. The molecule has 23 heavy (non-hydrogen) atoms. The van der Waals surface area contributed by atoms with Crippen LogP contribution in [-0.2, 0) is 0 Å². The lowest BCUT2D eigenvalue weighted by Gasteiger charge is -2.32. The van der Waals surface area contributed by atoms with Crippen LogP contribution in [0.4, 0.5) is 8.78 Å². The summed E-state index contributed by atoms with van der Waals surface area (Å²) < 4.78 is 26.6. The lowest BCUT2D eigenvalue weighted by atomic mass is 10.0. The average Bonchev–Trinajstić information content (AvgIpc) is 2.89. The number of amides is 1. The van der Waals surface area contributed by atoms with Crippen molar-refractivity contribution in [2.75, 3.05) is 19.6 Å². The molecule has 1 aromatic rings. The van der Waals surface area contributed by atoms with E-state index >= 15 is 0 Å². The van der Waals surface area contributed by atoms with Crippen molar-refractivity contribution < 1.29 is 13.6 Å². The number of rotatable bonds is 6. The van der Waals surface area contributed by atoms with Gasteiger partial charge in [0.2, 0.25) is 0 Å². The van der Waals surface area contributed by atoms with Gasteiger partial charge in [0.15, 0.2) is 0 Å². The quantitative estimate of drug-likeness (QED) is 0.873. The maximum Gasteiger partial charge on any atom is 0.254 e. The molecule has 1 amide bonds. The maximum atomic E-state index is 12.4. The van der Waals surface area contributed by atoms with Crippen LogP contribution in [0, 0.1) is 6.92 Å². The Bertz CT molecular complexity index is 524. The van der Waals surface area contributed by atoms with E-state index in [-0.39, 0.29) is 24.5 Å². The molecule has 0 radical (unpaired) electrons. The highest BCUT2D eigenvalue weighted by Crippen LogP contribution is 2.17. The summed E-state index contributed by atoms with van der Waals surface area (Å²) in [4.78, 5) is 14.2. The lowest BCUT2D eigenvalue weighted by Crippen LogP contribution is -2.45. The van der Waals surface area contributed by atoms with Gasteiger partial charge in [-0.15, -0.1) is 0 Å². The van der Waals surface area contributed by atoms with Crippen LogP contribution < -0.4 is 5.32 Å². The molecule has 130 valence electrons. The summed E-state index contributed by atoms with van der Waals surface area (Å²) in [5.74, 6) is -0.121. The standard InChI is InChI=1S/C16H26F2N4O/c1-4-11(2)22-12(3)14(9-19-22)16(23)20-13-5-7-21(8-6-13)10-15(17)18/h9,11,13,15H,4-8,10H2,1-3H3,(H,20,23).